The van der Waals surface area contributed by atoms with E-state index >= 15 is 0 Å². The number of nitro groups is 1. The van der Waals surface area contributed by atoms with Gasteiger partial charge in [0.2, 0.25) is 6.41 Å². The van der Waals surface area contributed by atoms with Crippen molar-refractivity contribution in [3.63, 3.8) is 0 Å². The lowest BCUT2D eigenvalue weighted by Crippen LogP contribution is -2.33. The topological polar surface area (TPSA) is 123 Å². The van der Waals surface area contributed by atoms with Crippen LogP contribution in [0, 0.1) is 10.1 Å². The molecule has 18 heavy (non-hydrogen) atoms. The second kappa shape index (κ2) is 6.81. The number of hydroxylamine groups is 1. The van der Waals surface area contributed by atoms with Crippen LogP contribution in [-0.2, 0) is 9.63 Å². The predicted molar refractivity (Wildman–Crippen MR) is 60.4 cm³/mol. The third kappa shape index (κ3) is 4.45. The van der Waals surface area contributed by atoms with E-state index in [1.165, 1.54) is 24.3 Å². The van der Waals surface area contributed by atoms with Crippen LogP contribution in [0.15, 0.2) is 24.3 Å². The van der Waals surface area contributed by atoms with E-state index in [4.69, 9.17) is 0 Å². The maximum Gasteiger partial charge on any atom is 0.321 e. The van der Waals surface area contributed by atoms with Crippen molar-refractivity contribution in [2.45, 2.75) is 0 Å². The van der Waals surface area contributed by atoms with Crippen molar-refractivity contribution in [3.8, 4) is 0 Å². The van der Waals surface area contributed by atoms with Crippen molar-refractivity contribution in [1.82, 2.24) is 10.8 Å². The first kappa shape index (κ1) is 13.4. The quantitative estimate of drug-likeness (QED) is 0.222. The Bertz CT molecular complexity index is 450. The van der Waals surface area contributed by atoms with Gasteiger partial charge in [-0.1, -0.05) is 6.07 Å². The fourth-order valence-corrected chi connectivity index (χ4v) is 1.05. The number of nitro benzene ring substituents is 1. The van der Waals surface area contributed by atoms with Gasteiger partial charge >= 0.3 is 6.03 Å². The minimum atomic E-state index is -0.622. The highest BCUT2D eigenvalue weighted by Gasteiger charge is 2.07. The Hall–Kier alpha value is -2.68. The molecule has 0 aliphatic carbocycles. The molecule has 1 aromatic carbocycles. The van der Waals surface area contributed by atoms with E-state index in [2.05, 4.69) is 15.5 Å². The lowest BCUT2D eigenvalue weighted by atomic mass is 10.3. The molecule has 1 rings (SSSR count). The van der Waals surface area contributed by atoms with E-state index in [1.54, 1.807) is 0 Å². The maximum absolute atomic E-state index is 11.3. The van der Waals surface area contributed by atoms with Crippen molar-refractivity contribution in [1.29, 1.82) is 0 Å². The number of benzene rings is 1. The molecule has 1 aromatic rings. The molecule has 0 unspecified atom stereocenters. The normalized spacial score (nSPS) is 9.33. The molecule has 96 valence electrons. The summed E-state index contributed by atoms with van der Waals surface area (Å²) < 4.78 is 0. The fourth-order valence-electron chi connectivity index (χ4n) is 1.05. The predicted octanol–water partition coefficient (Wildman–Crippen LogP) is 0.351. The summed E-state index contributed by atoms with van der Waals surface area (Å²) in [5.41, 5.74) is 2.02. The molecule has 0 atom stereocenters. The second-order valence-corrected chi connectivity index (χ2v) is 2.96. The molecule has 3 amide bonds. The first-order chi connectivity index (χ1) is 8.63. The lowest BCUT2D eigenvalue weighted by Gasteiger charge is -2.06. The number of hydrogen-bond donors (Lipinski definition) is 3. The number of hydrogen-bond acceptors (Lipinski definition) is 5. The summed E-state index contributed by atoms with van der Waals surface area (Å²) in [6, 6.07) is 4.84. The summed E-state index contributed by atoms with van der Waals surface area (Å²) in [5, 5.41) is 15.1. The van der Waals surface area contributed by atoms with Crippen molar-refractivity contribution in [3.05, 3.63) is 34.4 Å². The monoisotopic (exact) mass is 254 g/mol. The molecule has 9 nitrogen and oxygen atoms in total. The van der Waals surface area contributed by atoms with Gasteiger partial charge in [0.25, 0.3) is 5.69 Å². The van der Waals surface area contributed by atoms with Gasteiger partial charge in [0.1, 0.15) is 6.73 Å². The van der Waals surface area contributed by atoms with E-state index in [1.807, 2.05) is 5.48 Å². The zero-order chi connectivity index (χ0) is 13.4. The first-order valence-electron chi connectivity index (χ1n) is 4.73. The Morgan fingerprint density at radius 3 is 2.94 bits per heavy atom. The van der Waals surface area contributed by atoms with E-state index in [0.29, 0.717) is 6.41 Å². The maximum atomic E-state index is 11.3. The van der Waals surface area contributed by atoms with Crippen molar-refractivity contribution in [2.75, 3.05) is 12.0 Å². The van der Waals surface area contributed by atoms with Crippen LogP contribution in [-0.4, -0.2) is 24.1 Å². The van der Waals surface area contributed by atoms with Gasteiger partial charge in [-0.15, -0.1) is 0 Å². The number of non-ortho nitro benzene ring substituents is 1. The molecule has 0 saturated heterocycles. The molecule has 0 aromatic heterocycles. The summed E-state index contributed by atoms with van der Waals surface area (Å²) in [6.45, 7) is -0.237. The van der Waals surface area contributed by atoms with Crippen LogP contribution in [0.2, 0.25) is 0 Å². The minimum absolute atomic E-state index is 0.133. The summed E-state index contributed by atoms with van der Waals surface area (Å²) in [7, 11) is 0. The molecular weight excluding hydrogens is 244 g/mol. The Kier molecular flexibility index (Phi) is 5.06. The zero-order valence-electron chi connectivity index (χ0n) is 9.08. The van der Waals surface area contributed by atoms with Crippen LogP contribution in [0.1, 0.15) is 0 Å². The van der Waals surface area contributed by atoms with Crippen LogP contribution < -0.4 is 16.1 Å². The van der Waals surface area contributed by atoms with Gasteiger partial charge in [-0.25, -0.2) is 10.3 Å². The van der Waals surface area contributed by atoms with Gasteiger partial charge in [-0.2, -0.15) is 0 Å². The first-order valence-corrected chi connectivity index (χ1v) is 4.73. The van der Waals surface area contributed by atoms with E-state index in [0.717, 1.165) is 0 Å². The van der Waals surface area contributed by atoms with E-state index in [9.17, 15) is 19.7 Å². The number of anilines is 1. The van der Waals surface area contributed by atoms with Crippen LogP contribution in [0.3, 0.4) is 0 Å². The molecule has 0 radical (unpaired) electrons. The third-order valence-electron chi connectivity index (χ3n) is 1.75. The number of nitrogens with zero attached hydrogens (tertiary/aromatic N) is 1. The zero-order valence-corrected chi connectivity index (χ0v) is 9.08. The summed E-state index contributed by atoms with van der Waals surface area (Å²) in [5.74, 6) is 0. The third-order valence-corrected chi connectivity index (χ3v) is 1.75. The van der Waals surface area contributed by atoms with Gasteiger partial charge < -0.3 is 10.6 Å². The number of rotatable bonds is 6. The molecule has 0 aliphatic heterocycles. The molecule has 0 bridgehead atoms. The van der Waals surface area contributed by atoms with Crippen LogP contribution in [0.25, 0.3) is 0 Å². The highest BCUT2D eigenvalue weighted by atomic mass is 16.7. The largest absolute Gasteiger partial charge is 0.321 e. The Morgan fingerprint density at radius 2 is 2.28 bits per heavy atom. The molecule has 9 heteroatoms. The molecule has 0 fully saturated rings. The lowest BCUT2D eigenvalue weighted by molar-refractivity contribution is -0.384. The van der Waals surface area contributed by atoms with Gasteiger partial charge in [0, 0.05) is 17.8 Å². The molecule has 0 heterocycles. The number of carbonyl (C=O) groups is 2. The average molecular weight is 254 g/mol. The standard InChI is InChI=1S/C9H10N4O5/c14-5-11-18-6-10-9(15)12-7-2-1-3-8(4-7)13(16)17/h1-5H,6H2,(H,11,14)(H2,10,12,15). The number of carbonyl (C=O) groups excluding carboxylic acids is 2. The smallest absolute Gasteiger partial charge is 0.312 e. The van der Waals surface area contributed by atoms with Crippen molar-refractivity contribution < 1.29 is 19.3 Å². The average Bonchev–Trinajstić information content (AvgIpc) is 2.35. The molecule has 0 spiro atoms. The minimum Gasteiger partial charge on any atom is -0.312 e. The highest BCUT2D eigenvalue weighted by molar-refractivity contribution is 5.89. The molecular formula is C9H10N4O5. The summed E-state index contributed by atoms with van der Waals surface area (Å²) in [4.78, 5) is 35.5. The van der Waals surface area contributed by atoms with Crippen LogP contribution in [0.5, 0.6) is 0 Å². The van der Waals surface area contributed by atoms with Gasteiger partial charge in [0.15, 0.2) is 0 Å². The molecule has 0 aliphatic rings. The highest BCUT2D eigenvalue weighted by Crippen LogP contribution is 2.16. The summed E-state index contributed by atoms with van der Waals surface area (Å²) in [6.07, 6.45) is 0.306. The number of nitrogens with one attached hydrogen (secondary N) is 3. The number of urea groups is 1. The van der Waals surface area contributed by atoms with E-state index in [-0.39, 0.29) is 18.1 Å². The second-order valence-electron chi connectivity index (χ2n) is 2.96. The van der Waals surface area contributed by atoms with Crippen molar-refractivity contribution in [2.24, 2.45) is 0 Å². The Balaban J connectivity index is 2.46. The van der Waals surface area contributed by atoms with Crippen LogP contribution in [0.4, 0.5) is 16.2 Å². The van der Waals surface area contributed by atoms with Gasteiger partial charge in [0.05, 0.1) is 4.92 Å². The van der Waals surface area contributed by atoms with Gasteiger partial charge in [-0.05, 0) is 6.07 Å². The van der Waals surface area contributed by atoms with Crippen LogP contribution >= 0.6 is 0 Å². The number of amides is 3. The molecule has 0 saturated carbocycles. The van der Waals surface area contributed by atoms with Gasteiger partial charge in [-0.3, -0.25) is 19.7 Å². The summed E-state index contributed by atoms with van der Waals surface area (Å²) >= 11 is 0. The fraction of sp³-hybridized carbons (Fsp3) is 0.111. The Labute approximate surface area is 101 Å². The Morgan fingerprint density at radius 1 is 1.50 bits per heavy atom. The SMILES string of the molecule is O=CNOCNC(=O)Nc1cccc([N+](=O)[O-])c1. The molecule has 3 N–H and O–H groups in total. The van der Waals surface area contributed by atoms with E-state index < -0.39 is 11.0 Å². The van der Waals surface area contributed by atoms with Crippen molar-refractivity contribution >= 4 is 23.8 Å².